The van der Waals surface area contributed by atoms with E-state index in [-0.39, 0.29) is 11.8 Å². The molecule has 0 aliphatic heterocycles. The van der Waals surface area contributed by atoms with Crippen LogP contribution in [0.2, 0.25) is 0 Å². The number of halogens is 1. The van der Waals surface area contributed by atoms with Crippen molar-refractivity contribution < 1.29 is 8.42 Å². The Balaban J connectivity index is 2.44. The van der Waals surface area contributed by atoms with Crippen molar-refractivity contribution in [3.8, 4) is 0 Å². The molecule has 0 aromatic rings. The second-order valence-corrected chi connectivity index (χ2v) is 6.60. The summed E-state index contributed by atoms with van der Waals surface area (Å²) in [5.74, 6) is 1.02. The Labute approximate surface area is 97.6 Å². The molecule has 1 saturated carbocycles. The van der Waals surface area contributed by atoms with Gasteiger partial charge in [-0.3, -0.25) is 0 Å². The molecule has 0 saturated heterocycles. The maximum absolute atomic E-state index is 11.6. The predicted octanol–water partition coefficient (Wildman–Crippen LogP) is 2.11. The number of sulfonamides is 1. The molecule has 0 spiro atoms. The Bertz CT molecular complexity index is 279. The van der Waals surface area contributed by atoms with Crippen LogP contribution in [-0.4, -0.2) is 26.1 Å². The Morgan fingerprint density at radius 3 is 2.60 bits per heavy atom. The summed E-state index contributed by atoms with van der Waals surface area (Å²) >= 11 is 5.49. The van der Waals surface area contributed by atoms with Crippen LogP contribution >= 0.6 is 11.6 Å². The van der Waals surface area contributed by atoms with Gasteiger partial charge in [-0.15, -0.1) is 11.6 Å². The van der Waals surface area contributed by atoms with Crippen molar-refractivity contribution >= 4 is 21.6 Å². The highest BCUT2D eigenvalue weighted by Crippen LogP contribution is 2.24. The SMILES string of the molecule is CC1CCCCC1NS(=O)(=O)CCCCl. The van der Waals surface area contributed by atoms with Crippen molar-refractivity contribution in [2.24, 2.45) is 5.92 Å². The van der Waals surface area contributed by atoms with Crippen LogP contribution in [0.25, 0.3) is 0 Å². The molecular formula is C10H20ClNO2S. The van der Waals surface area contributed by atoms with Crippen LogP contribution < -0.4 is 4.72 Å². The first-order valence-electron chi connectivity index (χ1n) is 5.61. The first-order chi connectivity index (χ1) is 7.05. The molecule has 3 nitrogen and oxygen atoms in total. The average Bonchev–Trinajstić information content (AvgIpc) is 2.18. The normalized spacial score (nSPS) is 27.9. The molecule has 1 N–H and O–H groups in total. The second-order valence-electron chi connectivity index (χ2n) is 4.35. The fourth-order valence-electron chi connectivity index (χ4n) is 2.03. The number of nitrogens with one attached hydrogen (secondary N) is 1. The third-order valence-electron chi connectivity index (χ3n) is 2.99. The van der Waals surface area contributed by atoms with Crippen LogP contribution in [0.15, 0.2) is 0 Å². The van der Waals surface area contributed by atoms with Gasteiger partial charge in [-0.2, -0.15) is 0 Å². The zero-order valence-corrected chi connectivity index (χ0v) is 10.8. The molecule has 2 unspecified atom stereocenters. The van der Waals surface area contributed by atoms with Crippen molar-refractivity contribution in [2.45, 2.75) is 45.1 Å². The number of rotatable bonds is 5. The van der Waals surface area contributed by atoms with Crippen molar-refractivity contribution in [3.63, 3.8) is 0 Å². The number of hydrogen-bond donors (Lipinski definition) is 1. The van der Waals surface area contributed by atoms with Crippen LogP contribution in [-0.2, 0) is 10.0 Å². The minimum atomic E-state index is -3.11. The van der Waals surface area contributed by atoms with E-state index < -0.39 is 10.0 Å². The van der Waals surface area contributed by atoms with E-state index in [2.05, 4.69) is 11.6 Å². The highest BCUT2D eigenvalue weighted by atomic mass is 35.5. The van der Waals surface area contributed by atoms with E-state index in [1.54, 1.807) is 0 Å². The molecule has 90 valence electrons. The Morgan fingerprint density at radius 2 is 2.00 bits per heavy atom. The second kappa shape index (κ2) is 6.06. The Morgan fingerprint density at radius 1 is 1.33 bits per heavy atom. The monoisotopic (exact) mass is 253 g/mol. The summed E-state index contributed by atoms with van der Waals surface area (Å²) in [5, 5.41) is 0. The van der Waals surface area contributed by atoms with Crippen LogP contribution in [0.4, 0.5) is 0 Å². The third kappa shape index (κ3) is 4.70. The Hall–Kier alpha value is 0.200. The zero-order chi connectivity index (χ0) is 11.3. The largest absolute Gasteiger partial charge is 0.212 e. The van der Waals surface area contributed by atoms with Gasteiger partial charge in [0.25, 0.3) is 0 Å². The van der Waals surface area contributed by atoms with Crippen LogP contribution in [0.1, 0.15) is 39.0 Å². The minimum absolute atomic E-state index is 0.138. The van der Waals surface area contributed by atoms with Crippen molar-refractivity contribution in [1.29, 1.82) is 0 Å². The smallest absolute Gasteiger partial charge is 0.211 e. The Kier molecular flexibility index (Phi) is 5.36. The number of hydrogen-bond acceptors (Lipinski definition) is 2. The number of alkyl halides is 1. The average molecular weight is 254 g/mol. The van der Waals surface area contributed by atoms with Crippen LogP contribution in [0.3, 0.4) is 0 Å². The van der Waals surface area contributed by atoms with Gasteiger partial charge in [0, 0.05) is 11.9 Å². The maximum Gasteiger partial charge on any atom is 0.211 e. The van der Waals surface area contributed by atoms with E-state index in [0.717, 1.165) is 19.3 Å². The topological polar surface area (TPSA) is 46.2 Å². The maximum atomic E-state index is 11.6. The molecule has 15 heavy (non-hydrogen) atoms. The summed E-state index contributed by atoms with van der Waals surface area (Å²) in [4.78, 5) is 0. The first-order valence-corrected chi connectivity index (χ1v) is 7.80. The lowest BCUT2D eigenvalue weighted by atomic mass is 9.87. The van der Waals surface area contributed by atoms with Gasteiger partial charge in [-0.1, -0.05) is 19.8 Å². The molecule has 0 aromatic carbocycles. The van der Waals surface area contributed by atoms with E-state index in [9.17, 15) is 8.42 Å². The lowest BCUT2D eigenvalue weighted by Gasteiger charge is -2.29. The van der Waals surface area contributed by atoms with Gasteiger partial charge in [0.2, 0.25) is 10.0 Å². The lowest BCUT2D eigenvalue weighted by Crippen LogP contribution is -2.42. The summed E-state index contributed by atoms with van der Waals surface area (Å²) in [6, 6.07) is 0.138. The van der Waals surface area contributed by atoms with Crippen molar-refractivity contribution in [3.05, 3.63) is 0 Å². The van der Waals surface area contributed by atoms with Gasteiger partial charge in [0.05, 0.1) is 5.75 Å². The first kappa shape index (κ1) is 13.3. The molecule has 1 fully saturated rings. The van der Waals surface area contributed by atoms with Gasteiger partial charge in [-0.25, -0.2) is 13.1 Å². The molecule has 1 rings (SSSR count). The molecule has 0 amide bonds. The summed E-state index contributed by atoms with van der Waals surface area (Å²) in [5.41, 5.74) is 0. The standard InChI is InChI=1S/C10H20ClNO2S/c1-9-5-2-3-6-10(9)12-15(13,14)8-4-7-11/h9-10,12H,2-8H2,1H3. The molecule has 0 aromatic heterocycles. The highest BCUT2D eigenvalue weighted by molar-refractivity contribution is 7.89. The summed E-state index contributed by atoms with van der Waals surface area (Å²) in [6.07, 6.45) is 4.98. The third-order valence-corrected chi connectivity index (χ3v) is 4.74. The van der Waals surface area contributed by atoms with Gasteiger partial charge in [0.1, 0.15) is 0 Å². The zero-order valence-electron chi connectivity index (χ0n) is 9.21. The van der Waals surface area contributed by atoms with E-state index in [1.807, 2.05) is 0 Å². The van der Waals surface area contributed by atoms with E-state index in [0.29, 0.717) is 18.2 Å². The molecule has 1 aliphatic rings. The molecular weight excluding hydrogens is 234 g/mol. The van der Waals surface area contributed by atoms with E-state index in [1.165, 1.54) is 6.42 Å². The fraction of sp³-hybridized carbons (Fsp3) is 1.00. The van der Waals surface area contributed by atoms with Gasteiger partial charge in [-0.05, 0) is 25.2 Å². The van der Waals surface area contributed by atoms with Crippen molar-refractivity contribution in [1.82, 2.24) is 4.72 Å². The van der Waals surface area contributed by atoms with Crippen LogP contribution in [0.5, 0.6) is 0 Å². The molecule has 2 atom stereocenters. The van der Waals surface area contributed by atoms with Crippen molar-refractivity contribution in [2.75, 3.05) is 11.6 Å². The van der Waals surface area contributed by atoms with Gasteiger partial charge >= 0.3 is 0 Å². The van der Waals surface area contributed by atoms with Gasteiger partial charge < -0.3 is 0 Å². The molecule has 5 heteroatoms. The molecule has 0 bridgehead atoms. The summed E-state index contributed by atoms with van der Waals surface area (Å²) < 4.78 is 26.1. The van der Waals surface area contributed by atoms with E-state index in [4.69, 9.17) is 11.6 Å². The van der Waals surface area contributed by atoms with Crippen LogP contribution in [0, 0.1) is 5.92 Å². The summed E-state index contributed by atoms with van der Waals surface area (Å²) in [6.45, 7) is 2.12. The van der Waals surface area contributed by atoms with Gasteiger partial charge in [0.15, 0.2) is 0 Å². The lowest BCUT2D eigenvalue weighted by molar-refractivity contribution is 0.310. The quantitative estimate of drug-likeness (QED) is 0.763. The molecule has 1 aliphatic carbocycles. The summed E-state index contributed by atoms with van der Waals surface area (Å²) in [7, 11) is -3.11. The fourth-order valence-corrected chi connectivity index (χ4v) is 3.77. The molecule has 0 radical (unpaired) electrons. The van der Waals surface area contributed by atoms with E-state index >= 15 is 0 Å². The minimum Gasteiger partial charge on any atom is -0.212 e. The molecule has 0 heterocycles. The predicted molar refractivity (Wildman–Crippen MR) is 63.7 cm³/mol. The highest BCUT2D eigenvalue weighted by Gasteiger charge is 2.25.